The molecule has 0 aliphatic heterocycles. The van der Waals surface area contributed by atoms with Crippen LogP contribution in [0.2, 0.25) is 0 Å². The fourth-order valence-electron chi connectivity index (χ4n) is 2.07. The number of nitrogens with one attached hydrogen (secondary N) is 1. The molecule has 18 heavy (non-hydrogen) atoms. The maximum absolute atomic E-state index is 11.3. The molecule has 1 atom stereocenters. The number of carboxylic acids is 1. The van der Waals surface area contributed by atoms with Gasteiger partial charge in [-0.3, -0.25) is 4.98 Å². The molecule has 1 aromatic rings. The van der Waals surface area contributed by atoms with Gasteiger partial charge in [0.2, 0.25) is 0 Å². The van der Waals surface area contributed by atoms with Crippen LogP contribution in [-0.2, 0) is 0 Å². The number of hydrogen-bond donors (Lipinski definition) is 2. The Morgan fingerprint density at radius 3 is 2.61 bits per heavy atom. The van der Waals surface area contributed by atoms with Gasteiger partial charge in [0.25, 0.3) is 0 Å². The van der Waals surface area contributed by atoms with E-state index < -0.39 is 5.97 Å². The zero-order valence-corrected chi connectivity index (χ0v) is 11.6. The molecule has 0 aliphatic carbocycles. The summed E-state index contributed by atoms with van der Waals surface area (Å²) in [4.78, 5) is 17.5. The molecule has 2 N–H and O–H groups in total. The normalized spacial score (nSPS) is 12.6. The third-order valence-corrected chi connectivity index (χ3v) is 2.58. The highest BCUT2D eigenvalue weighted by Crippen LogP contribution is 2.20. The van der Waals surface area contributed by atoms with E-state index in [-0.39, 0.29) is 11.6 Å². The van der Waals surface area contributed by atoms with Crippen LogP contribution in [0.3, 0.4) is 0 Å². The van der Waals surface area contributed by atoms with E-state index >= 15 is 0 Å². The lowest BCUT2D eigenvalue weighted by Gasteiger charge is -2.21. The largest absolute Gasteiger partial charge is 0.478 e. The molecular weight excluding hydrogens is 230 g/mol. The van der Waals surface area contributed by atoms with Crippen molar-refractivity contribution in [2.75, 3.05) is 26.0 Å². The van der Waals surface area contributed by atoms with E-state index in [2.05, 4.69) is 15.2 Å². The van der Waals surface area contributed by atoms with Crippen LogP contribution in [0.1, 0.15) is 28.7 Å². The van der Waals surface area contributed by atoms with Crippen LogP contribution in [0, 0.1) is 13.8 Å². The number of likely N-dealkylation sites (N-methyl/N-ethyl adjacent to an activating group) is 1. The second kappa shape index (κ2) is 5.82. The summed E-state index contributed by atoms with van der Waals surface area (Å²) in [6, 6.07) is 1.95. The fourth-order valence-corrected chi connectivity index (χ4v) is 2.07. The lowest BCUT2D eigenvalue weighted by molar-refractivity contribution is 0.0696. The number of aryl methyl sites for hydroxylation is 2. The molecule has 0 bridgehead atoms. The first-order valence-corrected chi connectivity index (χ1v) is 5.94. The lowest BCUT2D eigenvalue weighted by Crippen LogP contribution is -2.30. The zero-order chi connectivity index (χ0) is 13.9. The second-order valence-corrected chi connectivity index (χ2v) is 4.88. The van der Waals surface area contributed by atoms with E-state index in [9.17, 15) is 9.90 Å². The molecule has 0 saturated heterocycles. The van der Waals surface area contributed by atoms with Crippen molar-refractivity contribution in [2.45, 2.75) is 26.8 Å². The molecule has 100 valence electrons. The van der Waals surface area contributed by atoms with Gasteiger partial charge in [-0.05, 0) is 40.9 Å². The van der Waals surface area contributed by atoms with Crippen molar-refractivity contribution in [1.29, 1.82) is 0 Å². The molecule has 5 heteroatoms. The molecule has 5 nitrogen and oxygen atoms in total. The fraction of sp³-hybridized carbons (Fsp3) is 0.538. The van der Waals surface area contributed by atoms with Crippen molar-refractivity contribution in [3.8, 4) is 0 Å². The first kappa shape index (κ1) is 14.4. The van der Waals surface area contributed by atoms with Crippen LogP contribution in [0.4, 0.5) is 5.69 Å². The van der Waals surface area contributed by atoms with Gasteiger partial charge in [0, 0.05) is 18.3 Å². The van der Waals surface area contributed by atoms with Crippen LogP contribution in [0.25, 0.3) is 0 Å². The molecular formula is C13H21N3O2. The van der Waals surface area contributed by atoms with Crippen molar-refractivity contribution in [2.24, 2.45) is 0 Å². The van der Waals surface area contributed by atoms with E-state index in [4.69, 9.17) is 0 Å². The van der Waals surface area contributed by atoms with Crippen molar-refractivity contribution >= 4 is 11.7 Å². The maximum atomic E-state index is 11.3. The SMILES string of the molecule is Cc1cc(NC(C)CN(C)C)c(C(=O)O)c(C)n1. The Bertz CT molecular complexity index is 444. The van der Waals surface area contributed by atoms with E-state index in [1.54, 1.807) is 13.0 Å². The number of carbonyl (C=O) groups is 1. The van der Waals surface area contributed by atoms with Gasteiger partial charge in [-0.15, -0.1) is 0 Å². The molecule has 1 aromatic heterocycles. The van der Waals surface area contributed by atoms with Gasteiger partial charge in [0.05, 0.1) is 11.4 Å². The standard InChI is InChI=1S/C13H21N3O2/c1-8-6-11(15-9(2)7-16(4)5)12(13(17)18)10(3)14-8/h6,9H,7H2,1-5H3,(H,14,15)(H,17,18). The molecule has 0 saturated carbocycles. The Hall–Kier alpha value is -1.62. The number of carboxylic acid groups (broad SMARTS) is 1. The van der Waals surface area contributed by atoms with Crippen molar-refractivity contribution in [3.63, 3.8) is 0 Å². The Balaban J connectivity index is 3.03. The first-order valence-electron chi connectivity index (χ1n) is 5.94. The van der Waals surface area contributed by atoms with Gasteiger partial charge in [-0.25, -0.2) is 4.79 Å². The van der Waals surface area contributed by atoms with E-state index in [1.807, 2.05) is 27.9 Å². The van der Waals surface area contributed by atoms with Crippen LogP contribution in [-0.4, -0.2) is 47.6 Å². The van der Waals surface area contributed by atoms with Gasteiger partial charge < -0.3 is 15.3 Å². The number of hydrogen-bond acceptors (Lipinski definition) is 4. The number of anilines is 1. The minimum Gasteiger partial charge on any atom is -0.478 e. The molecule has 0 spiro atoms. The zero-order valence-electron chi connectivity index (χ0n) is 11.6. The highest BCUT2D eigenvalue weighted by atomic mass is 16.4. The predicted molar refractivity (Wildman–Crippen MR) is 72.3 cm³/mol. The number of aromatic nitrogens is 1. The molecule has 1 rings (SSSR count). The average molecular weight is 251 g/mol. The summed E-state index contributed by atoms with van der Waals surface area (Å²) >= 11 is 0. The maximum Gasteiger partial charge on any atom is 0.339 e. The topological polar surface area (TPSA) is 65.5 Å². The number of rotatable bonds is 5. The van der Waals surface area contributed by atoms with Crippen molar-refractivity contribution in [1.82, 2.24) is 9.88 Å². The summed E-state index contributed by atoms with van der Waals surface area (Å²) in [5.74, 6) is -0.945. The van der Waals surface area contributed by atoms with E-state index in [0.717, 1.165) is 12.2 Å². The summed E-state index contributed by atoms with van der Waals surface area (Å²) in [5, 5.41) is 12.5. The molecule has 0 aromatic carbocycles. The van der Waals surface area contributed by atoms with Gasteiger partial charge >= 0.3 is 5.97 Å². The van der Waals surface area contributed by atoms with Gasteiger partial charge in [-0.1, -0.05) is 0 Å². The quantitative estimate of drug-likeness (QED) is 0.834. The Morgan fingerprint density at radius 2 is 2.11 bits per heavy atom. The Kier molecular flexibility index (Phi) is 4.67. The minimum atomic E-state index is -0.945. The highest BCUT2D eigenvalue weighted by molar-refractivity contribution is 5.95. The summed E-state index contributed by atoms with van der Waals surface area (Å²) in [6.45, 7) is 6.44. The first-order chi connectivity index (χ1) is 8.31. The molecule has 0 radical (unpaired) electrons. The molecule has 1 heterocycles. The van der Waals surface area contributed by atoms with Gasteiger partial charge in [0.15, 0.2) is 0 Å². The molecule has 1 unspecified atom stereocenters. The Morgan fingerprint density at radius 1 is 1.50 bits per heavy atom. The number of aromatic carboxylic acids is 1. The molecule has 0 aliphatic rings. The van der Waals surface area contributed by atoms with E-state index in [0.29, 0.717) is 11.4 Å². The third-order valence-electron chi connectivity index (χ3n) is 2.58. The number of nitrogens with zero attached hydrogens (tertiary/aromatic N) is 2. The van der Waals surface area contributed by atoms with Crippen molar-refractivity contribution in [3.05, 3.63) is 23.0 Å². The summed E-state index contributed by atoms with van der Waals surface area (Å²) in [5.41, 5.74) is 2.26. The van der Waals surface area contributed by atoms with Gasteiger partial charge in [-0.2, -0.15) is 0 Å². The lowest BCUT2D eigenvalue weighted by atomic mass is 10.1. The van der Waals surface area contributed by atoms with Crippen LogP contribution >= 0.6 is 0 Å². The van der Waals surface area contributed by atoms with E-state index in [1.165, 1.54) is 0 Å². The number of pyridine rings is 1. The second-order valence-electron chi connectivity index (χ2n) is 4.88. The van der Waals surface area contributed by atoms with Crippen molar-refractivity contribution < 1.29 is 9.90 Å². The monoisotopic (exact) mass is 251 g/mol. The van der Waals surface area contributed by atoms with Crippen LogP contribution < -0.4 is 5.32 Å². The summed E-state index contributed by atoms with van der Waals surface area (Å²) < 4.78 is 0. The Labute approximate surface area is 108 Å². The highest BCUT2D eigenvalue weighted by Gasteiger charge is 2.16. The predicted octanol–water partition coefficient (Wildman–Crippen LogP) is 1.76. The van der Waals surface area contributed by atoms with Gasteiger partial charge in [0.1, 0.15) is 5.56 Å². The van der Waals surface area contributed by atoms with Crippen LogP contribution in [0.5, 0.6) is 0 Å². The summed E-state index contributed by atoms with van der Waals surface area (Å²) in [7, 11) is 3.97. The molecule has 0 fully saturated rings. The average Bonchev–Trinajstić information content (AvgIpc) is 2.12. The third kappa shape index (κ3) is 3.70. The minimum absolute atomic E-state index is 0.166. The summed E-state index contributed by atoms with van der Waals surface area (Å²) in [6.07, 6.45) is 0. The smallest absolute Gasteiger partial charge is 0.339 e. The molecule has 0 amide bonds. The van der Waals surface area contributed by atoms with Crippen LogP contribution in [0.15, 0.2) is 6.07 Å².